The molecule has 0 aromatic heterocycles. The molecule has 0 N–H and O–H groups in total. The highest BCUT2D eigenvalue weighted by molar-refractivity contribution is 7.89. The first-order valence-electron chi connectivity index (χ1n) is 8.84. The molecule has 148 valence electrons. The van der Waals surface area contributed by atoms with E-state index in [0.29, 0.717) is 6.54 Å². The van der Waals surface area contributed by atoms with Gasteiger partial charge in [0, 0.05) is 26.3 Å². The number of amides is 1. The minimum atomic E-state index is -3.57. The lowest BCUT2D eigenvalue weighted by atomic mass is 10.2. The number of ether oxygens (including phenoxy) is 1. The van der Waals surface area contributed by atoms with Crippen molar-refractivity contribution in [2.75, 3.05) is 25.5 Å². The molecular formula is C20H22N2O5S. The van der Waals surface area contributed by atoms with E-state index < -0.39 is 22.1 Å². The first-order chi connectivity index (χ1) is 13.2. The molecule has 0 saturated carbocycles. The Morgan fingerprint density at radius 2 is 1.71 bits per heavy atom. The zero-order valence-corrected chi connectivity index (χ0v) is 16.8. The zero-order valence-electron chi connectivity index (χ0n) is 16.0. The third-order valence-corrected chi connectivity index (χ3v) is 6.48. The van der Waals surface area contributed by atoms with E-state index in [4.69, 9.17) is 4.74 Å². The molecular weight excluding hydrogens is 380 g/mol. The first-order valence-corrected chi connectivity index (χ1v) is 10.3. The van der Waals surface area contributed by atoms with Gasteiger partial charge in [0.2, 0.25) is 10.0 Å². The summed E-state index contributed by atoms with van der Waals surface area (Å²) < 4.78 is 30.6. The van der Waals surface area contributed by atoms with Crippen molar-refractivity contribution in [1.29, 1.82) is 0 Å². The number of hydrogen-bond donors (Lipinski definition) is 0. The second-order valence-corrected chi connectivity index (χ2v) is 8.88. The second kappa shape index (κ2) is 7.73. The maximum atomic E-state index is 12.7. The molecule has 1 aliphatic heterocycles. The molecule has 0 bridgehead atoms. The van der Waals surface area contributed by atoms with Crippen LogP contribution >= 0.6 is 0 Å². The average Bonchev–Trinajstić information content (AvgIpc) is 3.11. The molecule has 0 spiro atoms. The molecule has 1 unspecified atom stereocenters. The molecule has 1 amide bonds. The molecule has 1 atom stereocenters. The molecule has 3 rings (SSSR count). The number of fused-ring (bicyclic) bond motifs is 1. The molecule has 1 heterocycles. The lowest BCUT2D eigenvalue weighted by Crippen LogP contribution is -2.39. The summed E-state index contributed by atoms with van der Waals surface area (Å²) in [6.45, 7) is 2.09. The SMILES string of the molecule is CC(OC(=O)c1ccc(S(=O)(=O)N(C)C)cc1)C(=O)N1CCc2ccccc21. The predicted octanol–water partition coefficient (Wildman–Crippen LogP) is 2.07. The third-order valence-electron chi connectivity index (χ3n) is 4.65. The van der Waals surface area contributed by atoms with Crippen molar-refractivity contribution in [3.63, 3.8) is 0 Å². The second-order valence-electron chi connectivity index (χ2n) is 6.73. The van der Waals surface area contributed by atoms with E-state index >= 15 is 0 Å². The van der Waals surface area contributed by atoms with Crippen LogP contribution in [0.1, 0.15) is 22.8 Å². The molecule has 2 aromatic carbocycles. The number of carbonyl (C=O) groups is 2. The molecule has 7 nitrogen and oxygen atoms in total. The lowest BCUT2D eigenvalue weighted by molar-refractivity contribution is -0.126. The highest BCUT2D eigenvalue weighted by atomic mass is 32.2. The molecule has 28 heavy (non-hydrogen) atoms. The number of para-hydroxylation sites is 1. The Balaban J connectivity index is 1.69. The smallest absolute Gasteiger partial charge is 0.338 e. The topological polar surface area (TPSA) is 84.0 Å². The fourth-order valence-corrected chi connectivity index (χ4v) is 3.94. The van der Waals surface area contributed by atoms with Crippen LogP contribution < -0.4 is 4.90 Å². The number of nitrogens with zero attached hydrogens (tertiary/aromatic N) is 2. The van der Waals surface area contributed by atoms with E-state index in [1.807, 2.05) is 24.3 Å². The van der Waals surface area contributed by atoms with Gasteiger partial charge < -0.3 is 9.64 Å². The van der Waals surface area contributed by atoms with E-state index in [9.17, 15) is 18.0 Å². The minimum Gasteiger partial charge on any atom is -0.449 e. The van der Waals surface area contributed by atoms with Gasteiger partial charge in [0.05, 0.1) is 10.5 Å². The maximum Gasteiger partial charge on any atom is 0.338 e. The van der Waals surface area contributed by atoms with Crippen molar-refractivity contribution in [1.82, 2.24) is 4.31 Å². The van der Waals surface area contributed by atoms with Gasteiger partial charge in [0.1, 0.15) is 0 Å². The van der Waals surface area contributed by atoms with Crippen LogP contribution in [-0.4, -0.2) is 51.3 Å². The van der Waals surface area contributed by atoms with Crippen molar-refractivity contribution in [3.8, 4) is 0 Å². The first kappa shape index (κ1) is 20.0. The Hall–Kier alpha value is -2.71. The normalized spacial score (nSPS) is 14.6. The maximum absolute atomic E-state index is 12.7. The molecule has 0 radical (unpaired) electrons. The Labute approximate surface area is 164 Å². The van der Waals surface area contributed by atoms with Gasteiger partial charge in [0.15, 0.2) is 6.10 Å². The lowest BCUT2D eigenvalue weighted by Gasteiger charge is -2.21. The van der Waals surface area contributed by atoms with Gasteiger partial charge in [-0.3, -0.25) is 4.79 Å². The van der Waals surface area contributed by atoms with Gasteiger partial charge in [-0.15, -0.1) is 0 Å². The molecule has 0 aliphatic carbocycles. The highest BCUT2D eigenvalue weighted by Crippen LogP contribution is 2.28. The Bertz CT molecular complexity index is 1000. The van der Waals surface area contributed by atoms with Gasteiger partial charge in [-0.1, -0.05) is 18.2 Å². The summed E-state index contributed by atoms with van der Waals surface area (Å²) in [6, 6.07) is 13.1. The molecule has 8 heteroatoms. The van der Waals surface area contributed by atoms with Crippen molar-refractivity contribution in [2.24, 2.45) is 0 Å². The van der Waals surface area contributed by atoms with Crippen LogP contribution in [0.15, 0.2) is 53.4 Å². The largest absolute Gasteiger partial charge is 0.449 e. The summed E-state index contributed by atoms with van der Waals surface area (Å²) in [5.41, 5.74) is 2.11. The highest BCUT2D eigenvalue weighted by Gasteiger charge is 2.30. The third kappa shape index (κ3) is 3.79. The molecule has 0 fully saturated rings. The number of benzene rings is 2. The van der Waals surface area contributed by atoms with Crippen LogP contribution in [0.5, 0.6) is 0 Å². The number of carbonyl (C=O) groups excluding carboxylic acids is 2. The Kier molecular flexibility index (Phi) is 5.53. The number of sulfonamides is 1. The summed E-state index contributed by atoms with van der Waals surface area (Å²) in [4.78, 5) is 26.8. The van der Waals surface area contributed by atoms with E-state index in [2.05, 4.69) is 0 Å². The fraction of sp³-hybridized carbons (Fsp3) is 0.300. The zero-order chi connectivity index (χ0) is 20.5. The van der Waals surface area contributed by atoms with Gasteiger partial charge in [0.25, 0.3) is 5.91 Å². The minimum absolute atomic E-state index is 0.0758. The van der Waals surface area contributed by atoms with Gasteiger partial charge in [-0.25, -0.2) is 17.5 Å². The average molecular weight is 402 g/mol. The number of anilines is 1. The van der Waals surface area contributed by atoms with E-state index in [0.717, 1.165) is 22.0 Å². The van der Waals surface area contributed by atoms with E-state index in [1.165, 1.54) is 45.3 Å². The van der Waals surface area contributed by atoms with E-state index in [1.54, 1.807) is 4.90 Å². The Morgan fingerprint density at radius 1 is 1.07 bits per heavy atom. The molecule has 0 saturated heterocycles. The summed E-state index contributed by atoms with van der Waals surface area (Å²) in [7, 11) is -0.711. The molecule has 1 aliphatic rings. The van der Waals surface area contributed by atoms with Crippen LogP contribution in [0.4, 0.5) is 5.69 Å². The quantitative estimate of drug-likeness (QED) is 0.715. The van der Waals surface area contributed by atoms with Crippen LogP contribution in [-0.2, 0) is 26.0 Å². The van der Waals surface area contributed by atoms with Crippen LogP contribution in [0.3, 0.4) is 0 Å². The predicted molar refractivity (Wildman–Crippen MR) is 105 cm³/mol. The van der Waals surface area contributed by atoms with Gasteiger partial charge >= 0.3 is 5.97 Å². The van der Waals surface area contributed by atoms with Crippen LogP contribution in [0.2, 0.25) is 0 Å². The van der Waals surface area contributed by atoms with E-state index in [-0.39, 0.29) is 16.4 Å². The Morgan fingerprint density at radius 3 is 2.36 bits per heavy atom. The van der Waals surface area contributed by atoms with Crippen molar-refractivity contribution >= 4 is 27.6 Å². The van der Waals surface area contributed by atoms with Crippen LogP contribution in [0.25, 0.3) is 0 Å². The summed E-state index contributed by atoms with van der Waals surface area (Å²) in [5, 5.41) is 0. The molecule has 2 aromatic rings. The van der Waals surface area contributed by atoms with Crippen molar-refractivity contribution < 1.29 is 22.7 Å². The monoisotopic (exact) mass is 402 g/mol. The van der Waals surface area contributed by atoms with Crippen LogP contribution in [0, 0.1) is 0 Å². The van der Waals surface area contributed by atoms with Crippen molar-refractivity contribution in [2.45, 2.75) is 24.3 Å². The standard InChI is InChI=1S/C20H22N2O5S/c1-14(19(23)22-13-12-15-6-4-5-7-18(15)22)27-20(24)16-8-10-17(11-9-16)28(25,26)21(2)3/h4-11,14H,12-13H2,1-3H3. The summed E-state index contributed by atoms with van der Waals surface area (Å²) in [6.07, 6.45) is -0.187. The summed E-state index contributed by atoms with van der Waals surface area (Å²) >= 11 is 0. The number of rotatable bonds is 5. The fourth-order valence-electron chi connectivity index (χ4n) is 3.04. The van der Waals surface area contributed by atoms with Gasteiger partial charge in [-0.2, -0.15) is 0 Å². The van der Waals surface area contributed by atoms with Crippen molar-refractivity contribution in [3.05, 3.63) is 59.7 Å². The summed E-state index contributed by atoms with van der Waals surface area (Å²) in [5.74, 6) is -0.966. The number of hydrogen-bond acceptors (Lipinski definition) is 5. The number of esters is 1. The van der Waals surface area contributed by atoms with Gasteiger partial charge in [-0.05, 0) is 49.2 Å².